The van der Waals surface area contributed by atoms with Crippen LogP contribution in [0.2, 0.25) is 0 Å². The van der Waals surface area contributed by atoms with Gasteiger partial charge in [-0.3, -0.25) is 9.79 Å². The van der Waals surface area contributed by atoms with Gasteiger partial charge in [0, 0.05) is 0 Å². The second kappa shape index (κ2) is 4.45. The molecular weight excluding hydrogens is 276 g/mol. The first-order chi connectivity index (χ1) is 9.20. The molecule has 0 spiro atoms. The quantitative estimate of drug-likeness (QED) is 0.707. The summed E-state index contributed by atoms with van der Waals surface area (Å²) >= 11 is 1.32. The molecule has 2 aliphatic carbocycles. The summed E-state index contributed by atoms with van der Waals surface area (Å²) in [5.41, 5.74) is -1.11. The Morgan fingerprint density at radius 2 is 2.05 bits per heavy atom. The first-order valence-electron chi connectivity index (χ1n) is 7.19. The lowest BCUT2D eigenvalue weighted by atomic mass is 9.91. The predicted octanol–water partition coefficient (Wildman–Crippen LogP) is 0.894. The molecule has 0 radical (unpaired) electrons. The van der Waals surface area contributed by atoms with Crippen molar-refractivity contribution >= 4 is 22.8 Å². The normalized spacial score (nSPS) is 46.2. The number of fused-ring (bicyclic) bond motifs is 2. The molecule has 112 valence electrons. The van der Waals surface area contributed by atoms with Gasteiger partial charge in [0.25, 0.3) is 0 Å². The molecule has 0 aromatic carbocycles. The molecular formula is C14H22N2O3S. The lowest BCUT2D eigenvalue weighted by Gasteiger charge is -2.32. The maximum atomic E-state index is 12.1. The fraction of sp³-hybridized carbons (Fsp3) is 0.857. The number of nitrogens with one attached hydrogen (secondary N) is 1. The zero-order valence-corrected chi connectivity index (χ0v) is 12.9. The van der Waals surface area contributed by atoms with Crippen LogP contribution in [0.4, 0.5) is 0 Å². The van der Waals surface area contributed by atoms with Gasteiger partial charge in [0.05, 0.1) is 17.7 Å². The lowest BCUT2D eigenvalue weighted by molar-refractivity contribution is -0.126. The Bertz CT molecular complexity index is 472. The number of carbonyl (C=O) groups excluding carboxylic acids is 1. The molecule has 1 heterocycles. The van der Waals surface area contributed by atoms with E-state index >= 15 is 0 Å². The summed E-state index contributed by atoms with van der Waals surface area (Å²) in [6.07, 6.45) is 2.62. The van der Waals surface area contributed by atoms with Crippen molar-refractivity contribution in [1.29, 1.82) is 0 Å². The highest BCUT2D eigenvalue weighted by Crippen LogP contribution is 2.47. The number of amidine groups is 1. The van der Waals surface area contributed by atoms with Crippen LogP contribution < -0.4 is 5.32 Å². The zero-order chi connectivity index (χ0) is 14.7. The van der Waals surface area contributed by atoms with Crippen LogP contribution in [0.1, 0.15) is 40.0 Å². The van der Waals surface area contributed by atoms with Crippen molar-refractivity contribution in [3.05, 3.63) is 0 Å². The van der Waals surface area contributed by atoms with Crippen LogP contribution in [0.3, 0.4) is 0 Å². The van der Waals surface area contributed by atoms with Gasteiger partial charge < -0.3 is 15.5 Å². The van der Waals surface area contributed by atoms with Crippen LogP contribution in [0.25, 0.3) is 0 Å². The van der Waals surface area contributed by atoms with Crippen molar-refractivity contribution in [2.45, 2.75) is 62.5 Å². The van der Waals surface area contributed by atoms with Gasteiger partial charge in [-0.15, -0.1) is 0 Å². The topological polar surface area (TPSA) is 81.9 Å². The maximum absolute atomic E-state index is 12.1. The summed E-state index contributed by atoms with van der Waals surface area (Å²) in [5, 5.41) is 23.4. The first kappa shape index (κ1) is 14.4. The summed E-state index contributed by atoms with van der Waals surface area (Å²) in [5.74, 6) is 0.628. The van der Waals surface area contributed by atoms with E-state index in [1.165, 1.54) is 11.8 Å². The highest BCUT2D eigenvalue weighted by Gasteiger charge is 2.53. The molecule has 20 heavy (non-hydrogen) atoms. The third-order valence-electron chi connectivity index (χ3n) is 5.19. The maximum Gasteiger partial charge on any atom is 0.245 e. The highest BCUT2D eigenvalue weighted by molar-refractivity contribution is 8.16. The van der Waals surface area contributed by atoms with Gasteiger partial charge in [-0.25, -0.2) is 0 Å². The number of nitrogens with zero attached hydrogens (tertiary/aromatic N) is 1. The number of amides is 1. The van der Waals surface area contributed by atoms with Crippen molar-refractivity contribution in [2.24, 2.45) is 16.8 Å². The molecule has 3 rings (SSSR count). The molecule has 2 saturated carbocycles. The standard InChI is InChI=1S/C14H22N2O3S/c1-13(2,19)14(3)11(18)16-12(20-14)15-9-5-8-4-7(9)6-10(8)17/h7-10,17,19H,4-6H2,1-3H3,(H,15,16,18)/t7-,8-,9+,10+,14-/m1/s1. The van der Waals surface area contributed by atoms with Crippen LogP contribution in [-0.4, -0.2) is 43.8 Å². The van der Waals surface area contributed by atoms with Gasteiger partial charge in [0.1, 0.15) is 4.75 Å². The van der Waals surface area contributed by atoms with E-state index in [1.807, 2.05) is 0 Å². The van der Waals surface area contributed by atoms with E-state index in [1.54, 1.807) is 20.8 Å². The van der Waals surface area contributed by atoms with Gasteiger partial charge in [0.2, 0.25) is 5.91 Å². The minimum Gasteiger partial charge on any atom is -0.393 e. The average Bonchev–Trinajstić information content (AvgIpc) is 2.93. The smallest absolute Gasteiger partial charge is 0.245 e. The van der Waals surface area contributed by atoms with Gasteiger partial charge in [-0.2, -0.15) is 0 Å². The van der Waals surface area contributed by atoms with E-state index in [0.29, 0.717) is 17.0 Å². The van der Waals surface area contributed by atoms with E-state index in [-0.39, 0.29) is 18.1 Å². The summed E-state index contributed by atoms with van der Waals surface area (Å²) in [7, 11) is 0. The molecule has 5 atom stereocenters. The Labute approximate surface area is 123 Å². The third kappa shape index (κ3) is 2.09. The molecule has 0 aromatic rings. The number of carbonyl (C=O) groups is 1. The molecule has 6 heteroatoms. The number of aliphatic imine (C=N–C) groups is 1. The fourth-order valence-corrected chi connectivity index (χ4v) is 4.58. The van der Waals surface area contributed by atoms with Gasteiger partial charge >= 0.3 is 0 Å². The summed E-state index contributed by atoms with van der Waals surface area (Å²) < 4.78 is -0.900. The number of rotatable bonds is 2. The van der Waals surface area contributed by atoms with E-state index in [2.05, 4.69) is 10.3 Å². The number of aliphatic hydroxyl groups excluding tert-OH is 1. The van der Waals surface area contributed by atoms with Gasteiger partial charge in [0.15, 0.2) is 5.17 Å². The molecule has 3 N–H and O–H groups in total. The molecule has 5 nitrogen and oxygen atoms in total. The number of hydrogen-bond donors (Lipinski definition) is 3. The van der Waals surface area contributed by atoms with Crippen molar-refractivity contribution in [3.63, 3.8) is 0 Å². The van der Waals surface area contributed by atoms with E-state index in [4.69, 9.17) is 0 Å². The van der Waals surface area contributed by atoms with E-state index in [0.717, 1.165) is 19.3 Å². The molecule has 0 unspecified atom stereocenters. The van der Waals surface area contributed by atoms with Crippen molar-refractivity contribution in [2.75, 3.05) is 0 Å². The first-order valence-corrected chi connectivity index (χ1v) is 8.01. The van der Waals surface area contributed by atoms with Crippen LogP contribution >= 0.6 is 11.8 Å². The largest absolute Gasteiger partial charge is 0.393 e. The lowest BCUT2D eigenvalue weighted by Crippen LogP contribution is -2.50. The average molecular weight is 298 g/mol. The Balaban J connectivity index is 1.75. The van der Waals surface area contributed by atoms with Crippen LogP contribution in [0.5, 0.6) is 0 Å². The summed E-state index contributed by atoms with van der Waals surface area (Å²) in [6.45, 7) is 5.05. The van der Waals surface area contributed by atoms with Gasteiger partial charge in [-0.05, 0) is 51.9 Å². The molecule has 0 aromatic heterocycles. The van der Waals surface area contributed by atoms with Crippen LogP contribution in [0.15, 0.2) is 4.99 Å². The second-order valence-electron chi connectivity index (χ2n) is 6.94. The van der Waals surface area contributed by atoms with Crippen molar-refractivity contribution < 1.29 is 15.0 Å². The SMILES string of the molecule is CC(C)(O)[C@]1(C)SC(=N[C@H]2C[C@H]3C[C@@H]2C[C@@H]3O)NC1=O. The third-order valence-corrected chi connectivity index (χ3v) is 6.68. The molecule has 3 fully saturated rings. The minimum atomic E-state index is -1.11. The summed E-state index contributed by atoms with van der Waals surface area (Å²) in [4.78, 5) is 16.8. The van der Waals surface area contributed by atoms with Crippen LogP contribution in [-0.2, 0) is 4.79 Å². The number of thioether (sulfide) groups is 1. The Kier molecular flexibility index (Phi) is 3.19. The van der Waals surface area contributed by atoms with E-state index in [9.17, 15) is 15.0 Å². The van der Waals surface area contributed by atoms with E-state index < -0.39 is 10.3 Å². The Morgan fingerprint density at radius 1 is 1.35 bits per heavy atom. The zero-order valence-electron chi connectivity index (χ0n) is 12.1. The van der Waals surface area contributed by atoms with Crippen molar-refractivity contribution in [1.82, 2.24) is 5.32 Å². The monoisotopic (exact) mass is 298 g/mol. The molecule has 1 amide bonds. The molecule has 1 aliphatic heterocycles. The minimum absolute atomic E-state index is 0.163. The van der Waals surface area contributed by atoms with Crippen molar-refractivity contribution in [3.8, 4) is 0 Å². The molecule has 1 saturated heterocycles. The summed E-state index contributed by atoms with van der Waals surface area (Å²) in [6, 6.07) is 0.204. The van der Waals surface area contributed by atoms with Gasteiger partial charge in [-0.1, -0.05) is 11.8 Å². The molecule has 3 aliphatic rings. The highest BCUT2D eigenvalue weighted by atomic mass is 32.2. The number of hydrogen-bond acceptors (Lipinski definition) is 5. The molecule has 2 bridgehead atoms. The Hall–Kier alpha value is -0.590. The van der Waals surface area contributed by atoms with Crippen LogP contribution in [0, 0.1) is 11.8 Å². The second-order valence-corrected chi connectivity index (χ2v) is 8.35. The predicted molar refractivity (Wildman–Crippen MR) is 78.5 cm³/mol. The number of aliphatic hydroxyl groups is 2. The fourth-order valence-electron chi connectivity index (χ4n) is 3.47. The Morgan fingerprint density at radius 3 is 2.50 bits per heavy atom.